The highest BCUT2D eigenvalue weighted by molar-refractivity contribution is 7.76. The maximum atomic E-state index is 12.2. The van der Waals surface area contributed by atoms with Crippen LogP contribution < -0.4 is 5.32 Å². The standard InChI is InChI=1S/C14H13NO5S3/c1-20-13(19)8(4-7-2-3-9(16)10(17)5-7)15-12(18)11-6-22-14(21)23-11/h2-3,5-6,8,16-17H,4H2,1H3,(H,15,18)/t8-/m0/s1. The number of amides is 1. The number of ether oxygens (including phenoxy) is 1. The van der Waals surface area contributed by atoms with E-state index < -0.39 is 17.9 Å². The van der Waals surface area contributed by atoms with Gasteiger partial charge in [0.05, 0.1) is 7.11 Å². The molecule has 0 aliphatic carbocycles. The molecule has 0 saturated heterocycles. The lowest BCUT2D eigenvalue weighted by atomic mass is 10.1. The number of phenolic OH excluding ortho intramolecular Hbond substituents is 2. The van der Waals surface area contributed by atoms with Crippen LogP contribution in [-0.2, 0) is 16.0 Å². The fourth-order valence-electron chi connectivity index (χ4n) is 1.84. The summed E-state index contributed by atoms with van der Waals surface area (Å²) in [4.78, 5) is 24.5. The summed E-state index contributed by atoms with van der Waals surface area (Å²) in [5, 5.41) is 23.0. The molecule has 0 aliphatic heterocycles. The minimum absolute atomic E-state index is 0.113. The molecule has 0 unspecified atom stereocenters. The van der Waals surface area contributed by atoms with Crippen molar-refractivity contribution in [3.05, 3.63) is 37.2 Å². The molecule has 1 amide bonds. The van der Waals surface area contributed by atoms with Crippen molar-refractivity contribution >= 4 is 46.8 Å². The van der Waals surface area contributed by atoms with E-state index in [1.54, 1.807) is 11.4 Å². The molecular formula is C14H13NO5S3. The van der Waals surface area contributed by atoms with Gasteiger partial charge in [0, 0.05) is 11.8 Å². The number of aromatic hydroxyl groups is 2. The van der Waals surface area contributed by atoms with E-state index in [9.17, 15) is 19.8 Å². The molecule has 0 saturated carbocycles. The molecule has 9 heteroatoms. The number of benzene rings is 1. The van der Waals surface area contributed by atoms with Crippen LogP contribution in [0.15, 0.2) is 23.6 Å². The van der Waals surface area contributed by atoms with E-state index in [-0.39, 0.29) is 17.9 Å². The summed E-state index contributed by atoms with van der Waals surface area (Å²) in [6.07, 6.45) is 0.113. The predicted octanol–water partition coefficient (Wildman–Crippen LogP) is 2.46. The molecule has 0 spiro atoms. The summed E-state index contributed by atoms with van der Waals surface area (Å²) in [5.74, 6) is -1.58. The fourth-order valence-corrected chi connectivity index (χ4v) is 3.83. The molecule has 23 heavy (non-hydrogen) atoms. The van der Waals surface area contributed by atoms with Crippen LogP contribution in [0.2, 0.25) is 0 Å². The monoisotopic (exact) mass is 371 g/mol. The Hall–Kier alpha value is -1.97. The first-order valence-electron chi connectivity index (χ1n) is 6.39. The van der Waals surface area contributed by atoms with E-state index >= 15 is 0 Å². The Morgan fingerprint density at radius 1 is 1.35 bits per heavy atom. The smallest absolute Gasteiger partial charge is 0.328 e. The minimum atomic E-state index is -0.919. The number of phenols is 2. The summed E-state index contributed by atoms with van der Waals surface area (Å²) in [6, 6.07) is 3.26. The van der Waals surface area contributed by atoms with Crippen LogP contribution in [0.5, 0.6) is 11.5 Å². The van der Waals surface area contributed by atoms with Gasteiger partial charge in [-0.25, -0.2) is 4.79 Å². The Balaban J connectivity index is 2.16. The number of esters is 1. The van der Waals surface area contributed by atoms with Crippen LogP contribution >= 0.6 is 34.9 Å². The topological polar surface area (TPSA) is 95.9 Å². The van der Waals surface area contributed by atoms with Gasteiger partial charge >= 0.3 is 5.97 Å². The zero-order chi connectivity index (χ0) is 17.0. The number of carbonyl (C=O) groups excluding carboxylic acids is 2. The van der Waals surface area contributed by atoms with Gasteiger partial charge in [0.15, 0.2) is 11.5 Å². The zero-order valence-corrected chi connectivity index (χ0v) is 14.4. The van der Waals surface area contributed by atoms with Crippen molar-refractivity contribution in [2.45, 2.75) is 12.5 Å². The molecule has 3 N–H and O–H groups in total. The van der Waals surface area contributed by atoms with Crippen molar-refractivity contribution in [2.24, 2.45) is 0 Å². The summed E-state index contributed by atoms with van der Waals surface area (Å²) in [7, 11) is 1.23. The van der Waals surface area contributed by atoms with Gasteiger partial charge in [-0.3, -0.25) is 4.79 Å². The predicted molar refractivity (Wildman–Crippen MR) is 89.8 cm³/mol. The second-order valence-corrected chi connectivity index (χ2v) is 7.64. The highest BCUT2D eigenvalue weighted by Gasteiger charge is 2.23. The molecule has 2 rings (SSSR count). The molecule has 122 valence electrons. The summed E-state index contributed by atoms with van der Waals surface area (Å²) < 4.78 is 5.32. The molecule has 1 heterocycles. The largest absolute Gasteiger partial charge is 0.504 e. The van der Waals surface area contributed by atoms with Crippen LogP contribution in [0, 0.1) is 3.14 Å². The third kappa shape index (κ3) is 4.50. The van der Waals surface area contributed by atoms with Crippen molar-refractivity contribution in [1.82, 2.24) is 5.32 Å². The normalized spacial score (nSPS) is 11.7. The van der Waals surface area contributed by atoms with E-state index in [1.165, 1.54) is 30.6 Å². The van der Waals surface area contributed by atoms with Crippen LogP contribution in [0.3, 0.4) is 0 Å². The summed E-state index contributed by atoms with van der Waals surface area (Å²) in [6.45, 7) is 0. The van der Waals surface area contributed by atoms with Crippen LogP contribution in [0.25, 0.3) is 0 Å². The molecule has 0 aliphatic rings. The first-order chi connectivity index (χ1) is 10.9. The van der Waals surface area contributed by atoms with Crippen molar-refractivity contribution in [2.75, 3.05) is 7.11 Å². The van der Waals surface area contributed by atoms with E-state index in [0.29, 0.717) is 13.6 Å². The van der Waals surface area contributed by atoms with Crippen molar-refractivity contribution in [3.63, 3.8) is 0 Å². The number of nitrogens with one attached hydrogen (secondary N) is 1. The number of hydrogen-bond donors (Lipinski definition) is 3. The Bertz CT molecular complexity index is 783. The van der Waals surface area contributed by atoms with Gasteiger partial charge in [-0.05, 0) is 17.7 Å². The number of methoxy groups -OCH3 is 1. The molecule has 0 bridgehead atoms. The molecule has 2 aromatic rings. The lowest BCUT2D eigenvalue weighted by Gasteiger charge is -2.16. The van der Waals surface area contributed by atoms with E-state index in [0.717, 1.165) is 11.3 Å². The SMILES string of the molecule is COC(=O)[C@H](Cc1ccc(O)c(O)c1)NC(=O)c1csc(=S)s1. The molecule has 1 aromatic carbocycles. The number of carbonyl (C=O) groups is 2. The second kappa shape index (κ2) is 7.53. The van der Waals surface area contributed by atoms with Gasteiger partial charge in [0.1, 0.15) is 14.1 Å². The number of hydrogen-bond acceptors (Lipinski definition) is 8. The van der Waals surface area contributed by atoms with E-state index in [2.05, 4.69) is 5.32 Å². The first kappa shape index (κ1) is 17.4. The Kier molecular flexibility index (Phi) is 5.69. The number of rotatable bonds is 5. The lowest BCUT2D eigenvalue weighted by Crippen LogP contribution is -2.42. The third-order valence-electron chi connectivity index (χ3n) is 2.95. The van der Waals surface area contributed by atoms with Crippen LogP contribution in [-0.4, -0.2) is 35.2 Å². The van der Waals surface area contributed by atoms with Gasteiger partial charge in [0.2, 0.25) is 0 Å². The van der Waals surface area contributed by atoms with Gasteiger partial charge in [0.25, 0.3) is 5.91 Å². The van der Waals surface area contributed by atoms with Crippen molar-refractivity contribution < 1.29 is 24.5 Å². The van der Waals surface area contributed by atoms with Gasteiger partial charge in [-0.2, -0.15) is 0 Å². The van der Waals surface area contributed by atoms with Gasteiger partial charge < -0.3 is 20.3 Å². The maximum Gasteiger partial charge on any atom is 0.328 e. The quantitative estimate of drug-likeness (QED) is 0.424. The Morgan fingerprint density at radius 3 is 2.65 bits per heavy atom. The Morgan fingerprint density at radius 2 is 2.09 bits per heavy atom. The van der Waals surface area contributed by atoms with Crippen molar-refractivity contribution in [1.29, 1.82) is 0 Å². The molecule has 1 atom stereocenters. The average Bonchev–Trinajstić information content (AvgIpc) is 2.96. The van der Waals surface area contributed by atoms with Crippen molar-refractivity contribution in [3.8, 4) is 11.5 Å². The average molecular weight is 371 g/mol. The Labute approximate surface area is 145 Å². The molecule has 1 aromatic heterocycles. The molecule has 0 fully saturated rings. The molecule has 6 nitrogen and oxygen atoms in total. The van der Waals surface area contributed by atoms with Gasteiger partial charge in [-0.1, -0.05) is 18.3 Å². The fraction of sp³-hybridized carbons (Fsp3) is 0.214. The minimum Gasteiger partial charge on any atom is -0.504 e. The highest BCUT2D eigenvalue weighted by atomic mass is 32.2. The van der Waals surface area contributed by atoms with Gasteiger partial charge in [-0.15, -0.1) is 22.7 Å². The zero-order valence-electron chi connectivity index (χ0n) is 11.9. The first-order valence-corrected chi connectivity index (χ1v) is 8.49. The van der Waals surface area contributed by atoms with E-state index in [1.807, 2.05) is 0 Å². The molecule has 0 radical (unpaired) electrons. The summed E-state index contributed by atoms with van der Waals surface area (Å²) >= 11 is 7.43. The lowest BCUT2D eigenvalue weighted by molar-refractivity contribution is -0.142. The van der Waals surface area contributed by atoms with E-state index in [4.69, 9.17) is 17.0 Å². The second-order valence-electron chi connectivity index (χ2n) is 4.53. The maximum absolute atomic E-state index is 12.2. The molecular weight excluding hydrogens is 358 g/mol. The van der Waals surface area contributed by atoms with Crippen LogP contribution in [0.1, 0.15) is 15.2 Å². The third-order valence-corrected chi connectivity index (χ3v) is 5.41. The highest BCUT2D eigenvalue weighted by Crippen LogP contribution is 2.25. The van der Waals surface area contributed by atoms with Crippen LogP contribution in [0.4, 0.5) is 0 Å². The summed E-state index contributed by atoms with van der Waals surface area (Å²) in [5.41, 5.74) is 0.564.